The fourth-order valence-electron chi connectivity index (χ4n) is 1.41. The van der Waals surface area contributed by atoms with Gasteiger partial charge in [-0.2, -0.15) is 0 Å². The number of rotatable bonds is 4. The van der Waals surface area contributed by atoms with E-state index in [0.29, 0.717) is 7.14 Å². The average molecular weight is 629 g/mol. The maximum Gasteiger partial charge on any atom is 0.337 e. The molecule has 114 valence electrons. The van der Waals surface area contributed by atoms with Crippen molar-refractivity contribution in [3.8, 4) is 0 Å². The van der Waals surface area contributed by atoms with Crippen LogP contribution >= 0.6 is 67.8 Å². The maximum absolute atomic E-state index is 12.2. The van der Waals surface area contributed by atoms with Gasteiger partial charge in [0.15, 0.2) is 0 Å². The zero-order valence-electron chi connectivity index (χ0n) is 10.6. The normalized spacial score (nSPS) is 10.1. The largest absolute Gasteiger partial charge is 0.478 e. The Morgan fingerprint density at radius 3 is 2.10 bits per heavy atom. The summed E-state index contributed by atoms with van der Waals surface area (Å²) in [7, 11) is 1.45. The summed E-state index contributed by atoms with van der Waals surface area (Å²) in [6.45, 7) is -0.199. The first-order valence-corrected chi connectivity index (χ1v) is 8.63. The van der Waals surface area contributed by atoms with Crippen LogP contribution in [-0.2, 0) is 4.79 Å². The minimum Gasteiger partial charge on any atom is -0.478 e. The molecular weight excluding hydrogens is 619 g/mol. The third kappa shape index (κ3) is 4.08. The number of carboxylic acids is 1. The Morgan fingerprint density at radius 2 is 1.62 bits per heavy atom. The van der Waals surface area contributed by atoms with Crippen LogP contribution in [0, 0.1) is 10.7 Å². The molecule has 0 spiro atoms. The number of nitrogens with one attached hydrogen (secondary N) is 2. The molecule has 0 bridgehead atoms. The summed E-state index contributed by atoms with van der Waals surface area (Å²) in [5.41, 5.74) is 6.25. The van der Waals surface area contributed by atoms with E-state index in [1.807, 2.05) is 45.2 Å². The van der Waals surface area contributed by atoms with Crippen LogP contribution in [0.25, 0.3) is 0 Å². The minimum atomic E-state index is -1.16. The third-order valence-corrected chi connectivity index (χ3v) is 5.80. The van der Waals surface area contributed by atoms with Crippen molar-refractivity contribution in [2.45, 2.75) is 0 Å². The topological polar surface area (TPSA) is 122 Å². The number of nitrogens with two attached hydrogens (primary N) is 1. The maximum atomic E-state index is 12.2. The van der Waals surface area contributed by atoms with Gasteiger partial charge in [0.05, 0.1) is 30.5 Å². The number of amides is 2. The lowest BCUT2D eigenvalue weighted by Gasteiger charge is -2.15. The van der Waals surface area contributed by atoms with Gasteiger partial charge >= 0.3 is 5.97 Å². The second-order valence-electron chi connectivity index (χ2n) is 3.77. The van der Waals surface area contributed by atoms with Crippen LogP contribution in [0.5, 0.6) is 0 Å². The van der Waals surface area contributed by atoms with Crippen LogP contribution < -0.4 is 16.4 Å². The van der Waals surface area contributed by atoms with E-state index >= 15 is 0 Å². The number of carbonyl (C=O) groups is 3. The van der Waals surface area contributed by atoms with Crippen molar-refractivity contribution in [3.63, 3.8) is 0 Å². The van der Waals surface area contributed by atoms with Gasteiger partial charge in [-0.05, 0) is 67.8 Å². The SMILES string of the molecule is CNC(=O)CNC(=O)c1c(I)c(N)c(I)c(C(=O)O)c1I. The molecule has 10 heteroatoms. The van der Waals surface area contributed by atoms with Gasteiger partial charge in [0, 0.05) is 10.6 Å². The molecule has 0 unspecified atom stereocenters. The molecular formula is C11H10I3N3O4. The molecule has 5 N–H and O–H groups in total. The van der Waals surface area contributed by atoms with Crippen LogP contribution in [-0.4, -0.2) is 36.5 Å². The van der Waals surface area contributed by atoms with Crippen LogP contribution in [0.2, 0.25) is 0 Å². The Hall–Kier alpha value is -0.380. The van der Waals surface area contributed by atoms with E-state index in [0.717, 1.165) is 0 Å². The zero-order valence-corrected chi connectivity index (χ0v) is 17.1. The Balaban J connectivity index is 3.33. The first-order chi connectivity index (χ1) is 9.72. The summed E-state index contributed by atoms with van der Waals surface area (Å²) in [5.74, 6) is -2.06. The Kier molecular flexibility index (Phi) is 6.89. The van der Waals surface area contributed by atoms with Crippen LogP contribution in [0.3, 0.4) is 0 Å². The first-order valence-electron chi connectivity index (χ1n) is 5.40. The summed E-state index contributed by atoms with van der Waals surface area (Å²) < 4.78 is 1.13. The first kappa shape index (κ1) is 18.7. The van der Waals surface area contributed by atoms with Crippen molar-refractivity contribution in [2.75, 3.05) is 19.3 Å². The molecule has 0 aromatic heterocycles. The second-order valence-corrected chi connectivity index (χ2v) is 7.00. The number of aromatic carboxylic acids is 1. The molecule has 0 aliphatic heterocycles. The number of hydrogen-bond acceptors (Lipinski definition) is 4. The predicted octanol–water partition coefficient (Wildman–Crippen LogP) is 1.26. The highest BCUT2D eigenvalue weighted by Gasteiger charge is 2.26. The summed E-state index contributed by atoms with van der Waals surface area (Å²) in [5, 5.41) is 14.1. The fraction of sp³-hybridized carbons (Fsp3) is 0.182. The smallest absolute Gasteiger partial charge is 0.337 e. The van der Waals surface area contributed by atoms with Gasteiger partial charge < -0.3 is 21.5 Å². The standard InChI is InChI=1S/C11H10I3N3O4/c1-16-3(18)2-17-10(19)4-6(12)5(11(20)21)8(14)9(15)7(4)13/h2,15H2,1H3,(H,16,18)(H,17,19)(H,20,21). The van der Waals surface area contributed by atoms with Crippen molar-refractivity contribution in [3.05, 3.63) is 21.8 Å². The second kappa shape index (κ2) is 7.75. The molecule has 0 aliphatic rings. The molecule has 7 nitrogen and oxygen atoms in total. The molecule has 21 heavy (non-hydrogen) atoms. The lowest BCUT2D eigenvalue weighted by molar-refractivity contribution is -0.119. The van der Waals surface area contributed by atoms with Crippen LogP contribution in [0.4, 0.5) is 5.69 Å². The number of likely N-dealkylation sites (N-methyl/N-ethyl adjacent to an activating group) is 1. The van der Waals surface area contributed by atoms with Gasteiger partial charge in [-0.25, -0.2) is 4.79 Å². The van der Waals surface area contributed by atoms with E-state index in [9.17, 15) is 19.5 Å². The summed E-state index contributed by atoms with van der Waals surface area (Å²) >= 11 is 5.53. The van der Waals surface area contributed by atoms with Crippen molar-refractivity contribution in [1.82, 2.24) is 10.6 Å². The molecule has 0 aliphatic carbocycles. The summed E-state index contributed by atoms with van der Waals surface area (Å²) in [6, 6.07) is 0. The van der Waals surface area contributed by atoms with Crippen molar-refractivity contribution in [2.24, 2.45) is 0 Å². The van der Waals surface area contributed by atoms with E-state index in [4.69, 9.17) is 5.73 Å². The fourth-order valence-corrected chi connectivity index (χ4v) is 5.53. The molecule has 0 fully saturated rings. The molecule has 0 saturated carbocycles. The monoisotopic (exact) mass is 629 g/mol. The molecule has 2 amide bonds. The summed E-state index contributed by atoms with van der Waals surface area (Å²) in [6.07, 6.45) is 0. The van der Waals surface area contributed by atoms with Gasteiger partial charge in [-0.15, -0.1) is 0 Å². The molecule has 0 radical (unpaired) electrons. The van der Waals surface area contributed by atoms with Gasteiger partial charge in [-0.3, -0.25) is 9.59 Å². The molecule has 0 heterocycles. The molecule has 0 saturated heterocycles. The highest BCUT2D eigenvalue weighted by Crippen LogP contribution is 2.33. The molecule has 0 atom stereocenters. The van der Waals surface area contributed by atoms with E-state index in [2.05, 4.69) is 10.6 Å². The average Bonchev–Trinajstić information content (AvgIpc) is 2.42. The highest BCUT2D eigenvalue weighted by atomic mass is 127. The van der Waals surface area contributed by atoms with E-state index in [1.54, 1.807) is 22.6 Å². The highest BCUT2D eigenvalue weighted by molar-refractivity contribution is 14.1. The minimum absolute atomic E-state index is 0.0146. The quantitative estimate of drug-likeness (QED) is 0.296. The molecule has 1 aromatic carbocycles. The van der Waals surface area contributed by atoms with Gasteiger partial charge in [0.1, 0.15) is 0 Å². The van der Waals surface area contributed by atoms with Gasteiger partial charge in [-0.1, -0.05) is 0 Å². The number of halogens is 3. The number of nitrogen functional groups attached to an aromatic ring is 1. The Morgan fingerprint density at radius 1 is 1.10 bits per heavy atom. The Bertz CT molecular complexity index is 634. The van der Waals surface area contributed by atoms with E-state index < -0.39 is 11.9 Å². The van der Waals surface area contributed by atoms with Crippen LogP contribution in [0.1, 0.15) is 20.7 Å². The molecule has 1 aromatic rings. The number of carboxylic acid groups (broad SMARTS) is 1. The molecule has 1 rings (SSSR count). The van der Waals surface area contributed by atoms with Crippen LogP contribution in [0.15, 0.2) is 0 Å². The lowest BCUT2D eigenvalue weighted by atomic mass is 10.1. The van der Waals surface area contributed by atoms with E-state index in [-0.39, 0.29) is 32.8 Å². The van der Waals surface area contributed by atoms with Gasteiger partial charge in [0.2, 0.25) is 5.91 Å². The number of carbonyl (C=O) groups excluding carboxylic acids is 2. The Labute approximate surface area is 161 Å². The van der Waals surface area contributed by atoms with Crippen molar-refractivity contribution < 1.29 is 19.5 Å². The predicted molar refractivity (Wildman–Crippen MR) is 102 cm³/mol. The zero-order chi connectivity index (χ0) is 16.3. The third-order valence-electron chi connectivity index (χ3n) is 2.48. The van der Waals surface area contributed by atoms with Gasteiger partial charge in [0.25, 0.3) is 5.91 Å². The number of benzene rings is 1. The lowest BCUT2D eigenvalue weighted by Crippen LogP contribution is -2.36. The van der Waals surface area contributed by atoms with Crippen molar-refractivity contribution >= 4 is 91.2 Å². The van der Waals surface area contributed by atoms with E-state index in [1.165, 1.54) is 7.05 Å². The van der Waals surface area contributed by atoms with Crippen molar-refractivity contribution in [1.29, 1.82) is 0 Å². The number of hydrogen-bond donors (Lipinski definition) is 4. The summed E-state index contributed by atoms with van der Waals surface area (Å²) in [4.78, 5) is 34.7. The number of anilines is 1.